The second kappa shape index (κ2) is 7.56. The van der Waals surface area contributed by atoms with Gasteiger partial charge in [-0.05, 0) is 18.6 Å². The molecule has 0 aliphatic heterocycles. The number of carbonyl (C=O) groups excluding carboxylic acids is 2. The fraction of sp³-hybridized carbons (Fsp3) is 0.385. The van der Waals surface area contributed by atoms with Crippen LogP contribution in [-0.2, 0) is 4.79 Å². The standard InChI is InChI=1S/C13H16N2O3S/c1-9-8-11(13(18)15-6-5-12(14)17)19-10(9)4-2-3-7-16/h8,16H,3,5-7H2,1H3,(H2,14,17)(H,15,18). The summed E-state index contributed by atoms with van der Waals surface area (Å²) in [5.74, 6) is 5.06. The number of aliphatic hydroxyl groups is 1. The topological polar surface area (TPSA) is 92.4 Å². The summed E-state index contributed by atoms with van der Waals surface area (Å²) in [5.41, 5.74) is 5.91. The van der Waals surface area contributed by atoms with E-state index in [1.165, 1.54) is 11.3 Å². The predicted octanol–water partition coefficient (Wildman–Crippen LogP) is 0.396. The monoisotopic (exact) mass is 280 g/mol. The fourth-order valence-corrected chi connectivity index (χ4v) is 2.27. The van der Waals surface area contributed by atoms with Crippen molar-refractivity contribution in [1.29, 1.82) is 0 Å². The van der Waals surface area contributed by atoms with Gasteiger partial charge in [-0.15, -0.1) is 11.3 Å². The van der Waals surface area contributed by atoms with Crippen LogP contribution in [0, 0.1) is 18.8 Å². The van der Waals surface area contributed by atoms with Gasteiger partial charge in [0, 0.05) is 19.4 Å². The maximum atomic E-state index is 11.8. The Balaban J connectivity index is 2.64. The molecule has 1 rings (SSSR count). The van der Waals surface area contributed by atoms with E-state index >= 15 is 0 Å². The third kappa shape index (κ3) is 5.12. The first-order chi connectivity index (χ1) is 9.04. The summed E-state index contributed by atoms with van der Waals surface area (Å²) in [4.78, 5) is 23.7. The molecule has 0 saturated heterocycles. The Kier molecular flexibility index (Phi) is 6.06. The van der Waals surface area contributed by atoms with Crippen LogP contribution in [0.15, 0.2) is 6.07 Å². The average Bonchev–Trinajstić information content (AvgIpc) is 2.71. The lowest BCUT2D eigenvalue weighted by Crippen LogP contribution is -2.27. The second-order valence-corrected chi connectivity index (χ2v) is 4.92. The van der Waals surface area contributed by atoms with E-state index in [1.807, 2.05) is 6.92 Å². The first kappa shape index (κ1) is 15.2. The molecular weight excluding hydrogens is 264 g/mol. The minimum Gasteiger partial charge on any atom is -0.395 e. The molecule has 0 saturated carbocycles. The Bertz CT molecular complexity index is 526. The number of carbonyl (C=O) groups is 2. The molecule has 4 N–H and O–H groups in total. The minimum absolute atomic E-state index is 0.0257. The summed E-state index contributed by atoms with van der Waals surface area (Å²) in [6.07, 6.45) is 0.538. The number of aryl methyl sites for hydroxylation is 1. The zero-order valence-corrected chi connectivity index (χ0v) is 11.5. The lowest BCUT2D eigenvalue weighted by atomic mass is 10.2. The number of primary amides is 1. The largest absolute Gasteiger partial charge is 0.395 e. The second-order valence-electron chi connectivity index (χ2n) is 3.87. The molecule has 0 aliphatic rings. The van der Waals surface area contributed by atoms with E-state index in [0.29, 0.717) is 11.3 Å². The highest BCUT2D eigenvalue weighted by Crippen LogP contribution is 2.20. The van der Waals surface area contributed by atoms with Crippen molar-refractivity contribution in [2.45, 2.75) is 19.8 Å². The maximum absolute atomic E-state index is 11.8. The number of nitrogens with two attached hydrogens (primary N) is 1. The van der Waals surface area contributed by atoms with Crippen LogP contribution in [-0.4, -0.2) is 30.1 Å². The van der Waals surface area contributed by atoms with Crippen LogP contribution < -0.4 is 11.1 Å². The van der Waals surface area contributed by atoms with Crippen molar-refractivity contribution in [2.24, 2.45) is 5.73 Å². The van der Waals surface area contributed by atoms with Crippen LogP contribution in [0.25, 0.3) is 0 Å². The van der Waals surface area contributed by atoms with Gasteiger partial charge < -0.3 is 16.2 Å². The zero-order valence-electron chi connectivity index (χ0n) is 10.7. The van der Waals surface area contributed by atoms with Crippen molar-refractivity contribution >= 4 is 23.2 Å². The van der Waals surface area contributed by atoms with Crippen LogP contribution in [0.5, 0.6) is 0 Å². The van der Waals surface area contributed by atoms with E-state index in [4.69, 9.17) is 10.8 Å². The molecule has 0 unspecified atom stereocenters. The molecule has 1 aromatic heterocycles. The predicted molar refractivity (Wildman–Crippen MR) is 73.8 cm³/mol. The fourth-order valence-electron chi connectivity index (χ4n) is 1.30. The quantitative estimate of drug-likeness (QED) is 0.681. The lowest BCUT2D eigenvalue weighted by Gasteiger charge is -2.00. The van der Waals surface area contributed by atoms with Gasteiger partial charge in [0.05, 0.1) is 16.4 Å². The van der Waals surface area contributed by atoms with Crippen molar-refractivity contribution in [3.8, 4) is 11.8 Å². The highest BCUT2D eigenvalue weighted by molar-refractivity contribution is 7.14. The summed E-state index contributed by atoms with van der Waals surface area (Å²) in [5, 5.41) is 11.3. The first-order valence-corrected chi connectivity index (χ1v) is 6.63. The zero-order chi connectivity index (χ0) is 14.3. The van der Waals surface area contributed by atoms with Gasteiger partial charge in [0.15, 0.2) is 0 Å². The molecule has 0 radical (unpaired) electrons. The van der Waals surface area contributed by atoms with E-state index in [1.54, 1.807) is 6.07 Å². The SMILES string of the molecule is Cc1cc(C(=O)NCCC(N)=O)sc1C#CCCO. The Morgan fingerprint density at radius 2 is 2.26 bits per heavy atom. The molecular formula is C13H16N2O3S. The molecule has 2 amide bonds. The van der Waals surface area contributed by atoms with Crippen LogP contribution in [0.3, 0.4) is 0 Å². The highest BCUT2D eigenvalue weighted by Gasteiger charge is 2.11. The Hall–Kier alpha value is -1.84. The Morgan fingerprint density at radius 3 is 2.89 bits per heavy atom. The molecule has 19 heavy (non-hydrogen) atoms. The molecule has 102 valence electrons. The third-order valence-corrected chi connectivity index (χ3v) is 3.39. The molecule has 5 nitrogen and oxygen atoms in total. The molecule has 0 aromatic carbocycles. The van der Waals surface area contributed by atoms with Crippen LogP contribution >= 0.6 is 11.3 Å². The Morgan fingerprint density at radius 1 is 1.53 bits per heavy atom. The van der Waals surface area contributed by atoms with E-state index in [2.05, 4.69) is 17.2 Å². The molecule has 0 aliphatic carbocycles. The van der Waals surface area contributed by atoms with Gasteiger partial charge in [-0.2, -0.15) is 0 Å². The van der Waals surface area contributed by atoms with Gasteiger partial charge in [-0.25, -0.2) is 0 Å². The number of hydrogen-bond donors (Lipinski definition) is 3. The Labute approximate surface area is 115 Å². The van der Waals surface area contributed by atoms with Crippen molar-refractivity contribution in [3.63, 3.8) is 0 Å². The van der Waals surface area contributed by atoms with Crippen molar-refractivity contribution in [1.82, 2.24) is 5.32 Å². The van der Waals surface area contributed by atoms with Crippen LogP contribution in [0.4, 0.5) is 0 Å². The van der Waals surface area contributed by atoms with E-state index < -0.39 is 5.91 Å². The van der Waals surface area contributed by atoms with Crippen molar-refractivity contribution in [2.75, 3.05) is 13.2 Å². The molecule has 0 bridgehead atoms. The van der Waals surface area contributed by atoms with Crippen LogP contribution in [0.2, 0.25) is 0 Å². The average molecular weight is 280 g/mol. The molecule has 6 heteroatoms. The van der Waals surface area contributed by atoms with E-state index in [0.717, 1.165) is 10.4 Å². The first-order valence-electron chi connectivity index (χ1n) is 5.81. The van der Waals surface area contributed by atoms with Gasteiger partial charge in [-0.1, -0.05) is 11.8 Å². The summed E-state index contributed by atoms with van der Waals surface area (Å²) in [6, 6.07) is 1.76. The minimum atomic E-state index is -0.446. The summed E-state index contributed by atoms with van der Waals surface area (Å²) in [6.45, 7) is 2.13. The highest BCUT2D eigenvalue weighted by atomic mass is 32.1. The van der Waals surface area contributed by atoms with Gasteiger partial charge in [-0.3, -0.25) is 9.59 Å². The van der Waals surface area contributed by atoms with Gasteiger partial charge in [0.25, 0.3) is 5.91 Å². The summed E-state index contributed by atoms with van der Waals surface area (Å²) < 4.78 is 0. The van der Waals surface area contributed by atoms with Gasteiger partial charge >= 0.3 is 0 Å². The number of thiophene rings is 1. The number of hydrogen-bond acceptors (Lipinski definition) is 4. The van der Waals surface area contributed by atoms with Crippen molar-refractivity contribution < 1.29 is 14.7 Å². The maximum Gasteiger partial charge on any atom is 0.261 e. The molecule has 1 aromatic rings. The molecule has 0 spiro atoms. The van der Waals surface area contributed by atoms with E-state index in [-0.39, 0.29) is 25.5 Å². The van der Waals surface area contributed by atoms with Crippen molar-refractivity contribution in [3.05, 3.63) is 21.4 Å². The molecule has 1 heterocycles. The smallest absolute Gasteiger partial charge is 0.261 e. The number of rotatable bonds is 5. The molecule has 0 atom stereocenters. The normalized spacial score (nSPS) is 9.58. The van der Waals surface area contributed by atoms with E-state index in [9.17, 15) is 9.59 Å². The molecule has 0 fully saturated rings. The number of amides is 2. The number of aliphatic hydroxyl groups excluding tert-OH is 1. The third-order valence-electron chi connectivity index (χ3n) is 2.24. The van der Waals surface area contributed by atoms with Gasteiger partial charge in [0.2, 0.25) is 5.91 Å². The van der Waals surface area contributed by atoms with Gasteiger partial charge in [0.1, 0.15) is 0 Å². The number of nitrogens with one attached hydrogen (secondary N) is 1. The lowest BCUT2D eigenvalue weighted by molar-refractivity contribution is -0.117. The van der Waals surface area contributed by atoms with Crippen LogP contribution in [0.1, 0.15) is 33.0 Å². The summed E-state index contributed by atoms with van der Waals surface area (Å²) >= 11 is 1.29. The summed E-state index contributed by atoms with van der Waals surface area (Å²) in [7, 11) is 0.